The third-order valence-corrected chi connectivity index (χ3v) is 5.60. The molecule has 0 bridgehead atoms. The molecule has 7 N–H and O–H groups in total. The first-order chi connectivity index (χ1) is 16.0. The molecule has 4 rings (SSSR count). The highest BCUT2D eigenvalue weighted by atomic mass is 16.6. The number of hydrogen-bond acceptors (Lipinski definition) is 13. The fourth-order valence-electron chi connectivity index (χ4n) is 3.90. The lowest BCUT2D eigenvalue weighted by molar-refractivity contribution is -0.235. The zero-order chi connectivity index (χ0) is 24.9. The first-order valence-electron chi connectivity index (χ1n) is 9.82. The number of phenols is 5. The van der Waals surface area contributed by atoms with E-state index in [1.807, 2.05) is 0 Å². The second-order valence-corrected chi connectivity index (χ2v) is 7.65. The molecular weight excluding hydrogens is 460 g/mol. The number of fused-ring (bicyclic) bond motifs is 3. The third kappa shape index (κ3) is 3.65. The van der Waals surface area contributed by atoms with Gasteiger partial charge in [0, 0.05) is 5.56 Å². The Morgan fingerprint density at radius 1 is 0.971 bits per heavy atom. The van der Waals surface area contributed by atoms with E-state index in [4.69, 9.17) is 18.9 Å². The second kappa shape index (κ2) is 8.44. The van der Waals surface area contributed by atoms with Gasteiger partial charge < -0.3 is 54.7 Å². The predicted octanol–water partition coefficient (Wildman–Crippen LogP) is -0.219. The number of aromatic hydroxyl groups is 5. The van der Waals surface area contributed by atoms with Crippen LogP contribution in [0.15, 0.2) is 18.2 Å². The van der Waals surface area contributed by atoms with Crippen molar-refractivity contribution < 1.29 is 64.3 Å². The Balaban J connectivity index is 1.60. The lowest BCUT2D eigenvalue weighted by atomic mass is 9.86. The van der Waals surface area contributed by atoms with Gasteiger partial charge in [-0.2, -0.15) is 0 Å². The molecule has 2 aliphatic heterocycles. The molecular formula is C21H20O13. The van der Waals surface area contributed by atoms with Crippen molar-refractivity contribution >= 4 is 11.9 Å². The largest absolute Gasteiger partial charge is 0.504 e. The zero-order valence-corrected chi connectivity index (χ0v) is 17.4. The van der Waals surface area contributed by atoms with E-state index in [9.17, 15) is 45.3 Å². The summed E-state index contributed by atoms with van der Waals surface area (Å²) in [5, 5.41) is 70.0. The van der Waals surface area contributed by atoms with Crippen molar-refractivity contribution in [1.82, 2.24) is 0 Å². The van der Waals surface area contributed by atoms with Gasteiger partial charge in [0.2, 0.25) is 5.75 Å². The highest BCUT2D eigenvalue weighted by Gasteiger charge is 2.52. The Kier molecular flexibility index (Phi) is 5.77. The van der Waals surface area contributed by atoms with E-state index in [0.717, 1.165) is 18.2 Å². The molecule has 2 aromatic carbocycles. The SMILES string of the molecule is COc1c(O)cc2c(c1O)[C@@H]1OC(COC(=O)c3cc(O)c(O)c(O)c3)C(O)C(O)[C@H]1OC2=O. The van der Waals surface area contributed by atoms with Gasteiger partial charge in [-0.25, -0.2) is 9.59 Å². The van der Waals surface area contributed by atoms with Crippen molar-refractivity contribution in [2.75, 3.05) is 13.7 Å². The molecule has 34 heavy (non-hydrogen) atoms. The van der Waals surface area contributed by atoms with Gasteiger partial charge in [0.15, 0.2) is 34.9 Å². The molecule has 2 aromatic rings. The number of benzene rings is 2. The first kappa shape index (κ1) is 23.2. The van der Waals surface area contributed by atoms with Crippen LogP contribution < -0.4 is 4.74 Å². The summed E-state index contributed by atoms with van der Waals surface area (Å²) in [5.74, 6) is -5.97. The zero-order valence-electron chi connectivity index (χ0n) is 17.4. The number of carbonyl (C=O) groups excluding carboxylic acids is 2. The second-order valence-electron chi connectivity index (χ2n) is 7.65. The van der Waals surface area contributed by atoms with Crippen LogP contribution in [-0.2, 0) is 14.2 Å². The van der Waals surface area contributed by atoms with Gasteiger partial charge in [-0.15, -0.1) is 0 Å². The van der Waals surface area contributed by atoms with E-state index in [2.05, 4.69) is 0 Å². The van der Waals surface area contributed by atoms with Crippen molar-refractivity contribution in [3.8, 4) is 34.5 Å². The highest BCUT2D eigenvalue weighted by Crippen LogP contribution is 2.50. The lowest BCUT2D eigenvalue weighted by Gasteiger charge is -2.44. The Morgan fingerprint density at radius 3 is 2.24 bits per heavy atom. The molecule has 182 valence electrons. The van der Waals surface area contributed by atoms with Crippen molar-refractivity contribution in [3.05, 3.63) is 34.9 Å². The van der Waals surface area contributed by atoms with Gasteiger partial charge in [0.1, 0.15) is 31.0 Å². The molecule has 0 spiro atoms. The summed E-state index contributed by atoms with van der Waals surface area (Å²) in [7, 11) is 1.17. The van der Waals surface area contributed by atoms with E-state index in [0.29, 0.717) is 0 Å². The van der Waals surface area contributed by atoms with Crippen molar-refractivity contribution in [1.29, 1.82) is 0 Å². The minimum atomic E-state index is -1.71. The lowest BCUT2D eigenvalue weighted by Crippen LogP contribution is -2.58. The van der Waals surface area contributed by atoms with Crippen LogP contribution in [0.25, 0.3) is 0 Å². The Hall–Kier alpha value is -3.94. The molecule has 1 fully saturated rings. The molecule has 2 heterocycles. The molecule has 0 saturated carbocycles. The fraction of sp³-hybridized carbons (Fsp3) is 0.333. The molecule has 0 aromatic heterocycles. The summed E-state index contributed by atoms with van der Waals surface area (Å²) in [5.41, 5.74) is -0.746. The highest BCUT2D eigenvalue weighted by molar-refractivity contribution is 5.95. The first-order valence-corrected chi connectivity index (χ1v) is 9.82. The minimum Gasteiger partial charge on any atom is -0.504 e. The molecule has 5 atom stereocenters. The summed E-state index contributed by atoms with van der Waals surface area (Å²) in [4.78, 5) is 24.7. The molecule has 13 nitrogen and oxygen atoms in total. The van der Waals surface area contributed by atoms with Gasteiger partial charge in [0.25, 0.3) is 0 Å². The number of phenolic OH excluding ortho intramolecular Hbond substituents is 5. The molecule has 13 heteroatoms. The fourth-order valence-corrected chi connectivity index (χ4v) is 3.90. The smallest absolute Gasteiger partial charge is 0.339 e. The summed E-state index contributed by atoms with van der Waals surface area (Å²) in [6.07, 6.45) is -7.53. The van der Waals surface area contributed by atoms with Crippen LogP contribution in [0, 0.1) is 0 Å². The van der Waals surface area contributed by atoms with Gasteiger partial charge in [-0.3, -0.25) is 0 Å². The number of carbonyl (C=O) groups is 2. The minimum absolute atomic E-state index is 0.161. The van der Waals surface area contributed by atoms with E-state index < -0.39 is 77.8 Å². The molecule has 0 amide bonds. The van der Waals surface area contributed by atoms with Gasteiger partial charge in [-0.05, 0) is 18.2 Å². The van der Waals surface area contributed by atoms with Crippen LogP contribution in [0.3, 0.4) is 0 Å². The van der Waals surface area contributed by atoms with E-state index >= 15 is 0 Å². The van der Waals surface area contributed by atoms with Crippen LogP contribution in [0.2, 0.25) is 0 Å². The number of aliphatic hydroxyl groups excluding tert-OH is 2. The van der Waals surface area contributed by atoms with Crippen molar-refractivity contribution in [3.63, 3.8) is 0 Å². The number of hydrogen-bond donors (Lipinski definition) is 7. The van der Waals surface area contributed by atoms with Gasteiger partial charge in [-0.1, -0.05) is 0 Å². The van der Waals surface area contributed by atoms with E-state index in [-0.39, 0.29) is 22.4 Å². The van der Waals surface area contributed by atoms with Crippen LogP contribution in [0.1, 0.15) is 32.4 Å². The maximum atomic E-state index is 12.4. The number of ether oxygens (including phenoxy) is 4. The number of methoxy groups -OCH3 is 1. The van der Waals surface area contributed by atoms with Crippen LogP contribution in [0.5, 0.6) is 34.5 Å². The molecule has 1 saturated heterocycles. The average molecular weight is 480 g/mol. The normalized spacial score (nSPS) is 25.6. The monoisotopic (exact) mass is 480 g/mol. The molecule has 3 unspecified atom stereocenters. The molecule has 0 radical (unpaired) electrons. The molecule has 0 aliphatic carbocycles. The summed E-state index contributed by atoms with van der Waals surface area (Å²) < 4.78 is 20.8. The molecule has 2 aliphatic rings. The van der Waals surface area contributed by atoms with Gasteiger partial charge >= 0.3 is 11.9 Å². The van der Waals surface area contributed by atoms with E-state index in [1.54, 1.807) is 0 Å². The van der Waals surface area contributed by atoms with Crippen molar-refractivity contribution in [2.24, 2.45) is 0 Å². The van der Waals surface area contributed by atoms with E-state index in [1.165, 1.54) is 7.11 Å². The maximum absolute atomic E-state index is 12.4. The number of esters is 2. The standard InChI is InChI=1S/C21H20O13/c1-31-17-10(24)4-7-12(15(17)27)18-19(34-21(7)30)16(28)14(26)11(33-18)5-32-20(29)6-2-8(22)13(25)9(23)3-6/h2-4,11,14,16,18-19,22-28H,5H2,1H3/t11?,14?,16?,18-,19+/m0/s1. The van der Waals surface area contributed by atoms with Crippen LogP contribution in [-0.4, -0.2) is 85.8 Å². The quantitative estimate of drug-likeness (QED) is 0.223. The summed E-state index contributed by atoms with van der Waals surface area (Å²) >= 11 is 0. The topological polar surface area (TPSA) is 213 Å². The Labute approximate surface area is 190 Å². The van der Waals surface area contributed by atoms with Crippen LogP contribution >= 0.6 is 0 Å². The predicted molar refractivity (Wildman–Crippen MR) is 107 cm³/mol. The summed E-state index contributed by atoms with van der Waals surface area (Å²) in [6.45, 7) is -0.637. The number of aliphatic hydroxyl groups is 2. The Bertz CT molecular complexity index is 1140. The maximum Gasteiger partial charge on any atom is 0.339 e. The average Bonchev–Trinajstić information content (AvgIpc) is 2.79. The summed E-state index contributed by atoms with van der Waals surface area (Å²) in [6, 6.07) is 2.67. The van der Waals surface area contributed by atoms with Gasteiger partial charge in [0.05, 0.1) is 18.2 Å². The Morgan fingerprint density at radius 2 is 1.62 bits per heavy atom. The van der Waals surface area contributed by atoms with Crippen molar-refractivity contribution in [2.45, 2.75) is 30.5 Å². The van der Waals surface area contributed by atoms with Crippen LogP contribution in [0.4, 0.5) is 0 Å². The number of rotatable bonds is 4. The third-order valence-electron chi connectivity index (χ3n) is 5.60.